The van der Waals surface area contributed by atoms with Crippen molar-refractivity contribution in [2.75, 3.05) is 6.61 Å². The minimum Gasteiger partial charge on any atom is -0.463 e. The normalized spacial score (nSPS) is 24.2. The van der Waals surface area contributed by atoms with Gasteiger partial charge >= 0.3 is 23.9 Å². The third kappa shape index (κ3) is 7.72. The standard InChI is InChI=1S/C21H24ClNO10/c1-10(24)29-9-16-17(30-11(2)25)18(31-12(3)26)19(32-13(4)27)21(33-16)23-20(28)14-5-7-15(22)8-6-14/h5-8,16-19,21H,9H2,1-4H3,(H,23,28)/t16-,17-,18+,19-,21-/m1/s1. The van der Waals surface area contributed by atoms with Crippen molar-refractivity contribution in [2.24, 2.45) is 0 Å². The van der Waals surface area contributed by atoms with Crippen molar-refractivity contribution in [3.8, 4) is 0 Å². The molecule has 1 aromatic rings. The first kappa shape index (κ1) is 26.1. The molecule has 12 heteroatoms. The van der Waals surface area contributed by atoms with E-state index in [2.05, 4.69) is 5.32 Å². The Morgan fingerprint density at radius 3 is 1.85 bits per heavy atom. The van der Waals surface area contributed by atoms with Gasteiger partial charge in [-0.2, -0.15) is 0 Å². The molecule has 1 N–H and O–H groups in total. The summed E-state index contributed by atoms with van der Waals surface area (Å²) in [6, 6.07) is 5.93. The second-order valence-corrected chi connectivity index (χ2v) is 7.54. The van der Waals surface area contributed by atoms with E-state index in [0.29, 0.717) is 5.02 Å². The maximum atomic E-state index is 12.8. The molecule has 0 radical (unpaired) electrons. The van der Waals surface area contributed by atoms with Gasteiger partial charge in [0, 0.05) is 38.3 Å². The van der Waals surface area contributed by atoms with Crippen LogP contribution in [0.5, 0.6) is 0 Å². The van der Waals surface area contributed by atoms with Crippen molar-refractivity contribution in [1.82, 2.24) is 5.32 Å². The predicted octanol–water partition coefficient (Wildman–Crippen LogP) is 1.15. The largest absolute Gasteiger partial charge is 0.463 e. The van der Waals surface area contributed by atoms with Gasteiger partial charge in [0.25, 0.3) is 5.91 Å². The average Bonchev–Trinajstić information content (AvgIpc) is 2.70. The number of hydrogen-bond donors (Lipinski definition) is 1. The van der Waals surface area contributed by atoms with Crippen LogP contribution in [0, 0.1) is 0 Å². The first-order valence-electron chi connectivity index (χ1n) is 9.84. The topological polar surface area (TPSA) is 144 Å². The molecular weight excluding hydrogens is 462 g/mol. The lowest BCUT2D eigenvalue weighted by atomic mass is 9.97. The molecule has 33 heavy (non-hydrogen) atoms. The van der Waals surface area contributed by atoms with E-state index in [4.69, 9.17) is 35.3 Å². The summed E-state index contributed by atoms with van der Waals surface area (Å²) in [5.74, 6) is -3.56. The predicted molar refractivity (Wildman–Crippen MR) is 111 cm³/mol. The summed E-state index contributed by atoms with van der Waals surface area (Å²) >= 11 is 5.85. The van der Waals surface area contributed by atoms with E-state index in [1.54, 1.807) is 0 Å². The Balaban J connectivity index is 2.42. The van der Waals surface area contributed by atoms with Crippen LogP contribution in [-0.2, 0) is 42.9 Å². The number of halogens is 1. The summed E-state index contributed by atoms with van der Waals surface area (Å²) in [6.07, 6.45) is -6.59. The second-order valence-electron chi connectivity index (χ2n) is 7.10. The fraction of sp³-hybridized carbons (Fsp3) is 0.476. The molecule has 1 saturated heterocycles. The number of amides is 1. The lowest BCUT2D eigenvalue weighted by Crippen LogP contribution is -2.66. The van der Waals surface area contributed by atoms with Gasteiger partial charge < -0.3 is 29.0 Å². The molecule has 0 unspecified atom stereocenters. The molecular formula is C21H24ClNO10. The Kier molecular flexibility index (Phi) is 9.18. The summed E-state index contributed by atoms with van der Waals surface area (Å²) in [5.41, 5.74) is 0.215. The van der Waals surface area contributed by atoms with Crippen molar-refractivity contribution < 1.29 is 47.7 Å². The van der Waals surface area contributed by atoms with Crippen LogP contribution in [0.25, 0.3) is 0 Å². The molecule has 1 aromatic carbocycles. The van der Waals surface area contributed by atoms with E-state index < -0.39 is 67.0 Å². The molecule has 0 saturated carbocycles. The fourth-order valence-corrected chi connectivity index (χ4v) is 3.28. The molecule has 1 aliphatic heterocycles. The Morgan fingerprint density at radius 2 is 1.33 bits per heavy atom. The van der Waals surface area contributed by atoms with E-state index in [1.807, 2.05) is 0 Å². The zero-order chi connectivity index (χ0) is 24.7. The van der Waals surface area contributed by atoms with Crippen LogP contribution in [0.4, 0.5) is 0 Å². The zero-order valence-corrected chi connectivity index (χ0v) is 19.1. The second kappa shape index (κ2) is 11.6. The fourth-order valence-electron chi connectivity index (χ4n) is 3.16. The van der Waals surface area contributed by atoms with Gasteiger partial charge in [-0.05, 0) is 24.3 Å². The number of benzene rings is 1. The summed E-state index contributed by atoms with van der Waals surface area (Å²) in [6.45, 7) is 4.09. The molecule has 1 aliphatic rings. The van der Waals surface area contributed by atoms with Gasteiger partial charge in [0.05, 0.1) is 0 Å². The maximum Gasteiger partial charge on any atom is 0.303 e. The lowest BCUT2D eigenvalue weighted by Gasteiger charge is -2.44. The smallest absolute Gasteiger partial charge is 0.303 e. The molecule has 1 fully saturated rings. The molecule has 0 spiro atoms. The van der Waals surface area contributed by atoms with Gasteiger partial charge in [-0.1, -0.05) is 11.6 Å². The van der Waals surface area contributed by atoms with E-state index >= 15 is 0 Å². The van der Waals surface area contributed by atoms with E-state index in [-0.39, 0.29) is 5.56 Å². The van der Waals surface area contributed by atoms with Crippen LogP contribution in [0.15, 0.2) is 24.3 Å². The van der Waals surface area contributed by atoms with Gasteiger partial charge in [0.1, 0.15) is 12.7 Å². The van der Waals surface area contributed by atoms with Crippen molar-refractivity contribution >= 4 is 41.4 Å². The highest BCUT2D eigenvalue weighted by Crippen LogP contribution is 2.28. The van der Waals surface area contributed by atoms with Crippen LogP contribution in [0.2, 0.25) is 5.02 Å². The van der Waals surface area contributed by atoms with Crippen LogP contribution in [-0.4, -0.2) is 67.0 Å². The highest BCUT2D eigenvalue weighted by atomic mass is 35.5. The number of esters is 4. The first-order chi connectivity index (χ1) is 15.5. The highest BCUT2D eigenvalue weighted by Gasteiger charge is 2.52. The molecule has 5 atom stereocenters. The van der Waals surface area contributed by atoms with E-state index in [9.17, 15) is 24.0 Å². The van der Waals surface area contributed by atoms with Crippen LogP contribution in [0.1, 0.15) is 38.1 Å². The summed E-state index contributed by atoms with van der Waals surface area (Å²) in [4.78, 5) is 59.4. The molecule has 11 nitrogen and oxygen atoms in total. The van der Waals surface area contributed by atoms with E-state index in [1.165, 1.54) is 24.3 Å². The Hall–Kier alpha value is -3.18. The SMILES string of the molecule is CC(=O)OC[C@H]1O[C@@H](NC(=O)c2ccc(Cl)cc2)[C@H](OC(C)=O)[C@@H](OC(C)=O)[C@@H]1OC(C)=O. The number of nitrogens with one attached hydrogen (secondary N) is 1. The number of carbonyl (C=O) groups excluding carboxylic acids is 5. The zero-order valence-electron chi connectivity index (χ0n) is 18.4. The quantitative estimate of drug-likeness (QED) is 0.441. The van der Waals surface area contributed by atoms with Crippen molar-refractivity contribution in [3.05, 3.63) is 34.9 Å². The molecule has 0 aliphatic carbocycles. The van der Waals surface area contributed by atoms with Crippen LogP contribution >= 0.6 is 11.6 Å². The minimum atomic E-state index is -1.39. The van der Waals surface area contributed by atoms with E-state index in [0.717, 1.165) is 27.7 Å². The van der Waals surface area contributed by atoms with Gasteiger partial charge in [0.2, 0.25) is 0 Å². The summed E-state index contributed by atoms with van der Waals surface area (Å²) < 4.78 is 26.6. The van der Waals surface area contributed by atoms with Crippen molar-refractivity contribution in [2.45, 2.75) is 58.3 Å². The van der Waals surface area contributed by atoms with Gasteiger partial charge in [0.15, 0.2) is 24.5 Å². The third-order valence-corrected chi connectivity index (χ3v) is 4.62. The molecule has 1 amide bonds. The van der Waals surface area contributed by atoms with Crippen molar-refractivity contribution in [1.29, 1.82) is 0 Å². The summed E-state index contributed by atoms with van der Waals surface area (Å²) in [5, 5.41) is 2.97. The monoisotopic (exact) mass is 485 g/mol. The first-order valence-corrected chi connectivity index (χ1v) is 10.2. The van der Waals surface area contributed by atoms with Crippen LogP contribution < -0.4 is 5.32 Å². The number of carbonyl (C=O) groups is 5. The Labute approximate surface area is 194 Å². The Morgan fingerprint density at radius 1 is 0.818 bits per heavy atom. The van der Waals surface area contributed by atoms with Crippen molar-refractivity contribution in [3.63, 3.8) is 0 Å². The number of ether oxygens (including phenoxy) is 5. The minimum absolute atomic E-state index is 0.215. The molecule has 0 aromatic heterocycles. The molecule has 2 rings (SSSR count). The Bertz CT molecular complexity index is 903. The highest BCUT2D eigenvalue weighted by molar-refractivity contribution is 6.30. The van der Waals surface area contributed by atoms with Gasteiger partial charge in [-0.25, -0.2) is 0 Å². The molecule has 180 valence electrons. The summed E-state index contributed by atoms with van der Waals surface area (Å²) in [7, 11) is 0. The average molecular weight is 486 g/mol. The molecule has 1 heterocycles. The number of hydrogen-bond acceptors (Lipinski definition) is 10. The van der Waals surface area contributed by atoms with Gasteiger partial charge in [-0.3, -0.25) is 24.0 Å². The third-order valence-electron chi connectivity index (χ3n) is 4.37. The maximum absolute atomic E-state index is 12.8. The van der Waals surface area contributed by atoms with Crippen LogP contribution in [0.3, 0.4) is 0 Å². The molecule has 0 bridgehead atoms. The van der Waals surface area contributed by atoms with Gasteiger partial charge in [-0.15, -0.1) is 0 Å². The lowest BCUT2D eigenvalue weighted by molar-refractivity contribution is -0.255. The number of rotatable bonds is 7.